The molecule has 2 aromatic carbocycles. The number of carbonyl (C=O) groups excluding carboxylic acids is 2. The Balaban J connectivity index is 1.78. The number of anilines is 2. The lowest BCUT2D eigenvalue weighted by Gasteiger charge is -2.31. The summed E-state index contributed by atoms with van der Waals surface area (Å²) in [5.74, 6) is -0.233. The first-order valence-electron chi connectivity index (χ1n) is 8.51. The number of fused-ring (bicyclic) bond motifs is 2. The van der Waals surface area contributed by atoms with Crippen molar-refractivity contribution in [2.24, 2.45) is 0 Å². The zero-order chi connectivity index (χ0) is 19.0. The fraction of sp³-hybridized carbons (Fsp3) is 0.150. The predicted octanol–water partition coefficient (Wildman–Crippen LogP) is 3.32. The Kier molecular flexibility index (Phi) is 4.45. The molecule has 0 radical (unpaired) electrons. The molecular weight excluding hydrogens is 362 g/mol. The van der Waals surface area contributed by atoms with E-state index in [1.54, 1.807) is 60.0 Å². The summed E-state index contributed by atoms with van der Waals surface area (Å²) in [5, 5.41) is 0. The van der Waals surface area contributed by atoms with Crippen LogP contribution in [0, 0.1) is 0 Å². The minimum Gasteiger partial charge on any atom is -0.337 e. The highest BCUT2D eigenvalue weighted by Gasteiger charge is 2.32. The molecule has 0 N–H and O–H groups in total. The van der Waals surface area contributed by atoms with Crippen molar-refractivity contribution in [3.63, 3.8) is 0 Å². The van der Waals surface area contributed by atoms with Crippen LogP contribution in [0.15, 0.2) is 71.0 Å². The highest BCUT2D eigenvalue weighted by Crippen LogP contribution is 2.42. The number of para-hydroxylation sites is 1. The van der Waals surface area contributed by atoms with Gasteiger partial charge in [-0.2, -0.15) is 0 Å². The number of hydrogen-bond acceptors (Lipinski definition) is 4. The molecule has 1 aliphatic rings. The van der Waals surface area contributed by atoms with Gasteiger partial charge in [-0.25, -0.2) is 9.19 Å². The first-order valence-corrected chi connectivity index (χ1v) is 9.66. The molecule has 7 heteroatoms. The van der Waals surface area contributed by atoms with E-state index >= 15 is 0 Å². The van der Waals surface area contributed by atoms with Crippen molar-refractivity contribution in [2.45, 2.75) is 29.7 Å². The Labute approximate surface area is 158 Å². The third-order valence-corrected chi connectivity index (χ3v) is 5.99. The molecular formula is C20H17N3O3S. The first-order chi connectivity index (χ1) is 13.1. The summed E-state index contributed by atoms with van der Waals surface area (Å²) >= 11 is 0. The zero-order valence-electron chi connectivity index (χ0n) is 14.7. The molecule has 0 spiro atoms. The van der Waals surface area contributed by atoms with E-state index in [0.717, 1.165) is 0 Å². The normalized spacial score (nSPS) is 15.1. The summed E-state index contributed by atoms with van der Waals surface area (Å²) in [6.45, 7) is 1.96. The number of hydrogen-bond donors (Lipinski definition) is 0. The van der Waals surface area contributed by atoms with Gasteiger partial charge < -0.3 is 4.57 Å². The van der Waals surface area contributed by atoms with Crippen LogP contribution in [0.1, 0.15) is 23.7 Å². The molecule has 0 saturated carbocycles. The summed E-state index contributed by atoms with van der Waals surface area (Å²) in [6.07, 6.45) is 5.38. The van der Waals surface area contributed by atoms with Gasteiger partial charge in [0.1, 0.15) is 0 Å². The molecule has 1 amide bonds. The van der Waals surface area contributed by atoms with Crippen LogP contribution >= 0.6 is 0 Å². The number of amides is 1. The second-order valence-electron chi connectivity index (χ2n) is 6.25. The van der Waals surface area contributed by atoms with Crippen molar-refractivity contribution >= 4 is 33.9 Å². The van der Waals surface area contributed by atoms with Gasteiger partial charge in [0.05, 0.1) is 38.3 Å². The second kappa shape index (κ2) is 6.92. The van der Waals surface area contributed by atoms with E-state index in [1.807, 2.05) is 10.6 Å². The standard InChI is InChI=1S/C20H17N3O3S/c1-14(24)15-6-7-19-17(12-15)23(16-4-2-3-5-18(16)27(19)26)20(25)8-10-22-11-9-21-13-22/h2-7,9,11-13H,8,10H2,1H3. The maximum atomic E-state index is 13.1. The average molecular weight is 379 g/mol. The Morgan fingerprint density at radius 1 is 1.07 bits per heavy atom. The number of carbonyl (C=O) groups is 2. The molecule has 1 aliphatic heterocycles. The van der Waals surface area contributed by atoms with Crippen LogP contribution in [-0.2, 0) is 22.1 Å². The molecule has 3 aromatic rings. The Morgan fingerprint density at radius 2 is 1.85 bits per heavy atom. The number of Topliss-reactive ketones (excluding diaryl/α,β-unsaturated/α-hetero) is 1. The zero-order valence-corrected chi connectivity index (χ0v) is 15.5. The molecule has 1 atom stereocenters. The van der Waals surface area contributed by atoms with E-state index in [9.17, 15) is 13.8 Å². The van der Waals surface area contributed by atoms with Crippen molar-refractivity contribution in [1.82, 2.24) is 9.55 Å². The van der Waals surface area contributed by atoms with Gasteiger partial charge in [-0.05, 0) is 31.2 Å². The van der Waals surface area contributed by atoms with Crippen LogP contribution in [0.5, 0.6) is 0 Å². The van der Waals surface area contributed by atoms with E-state index < -0.39 is 10.8 Å². The third kappa shape index (κ3) is 3.10. The van der Waals surface area contributed by atoms with Gasteiger partial charge >= 0.3 is 0 Å². The van der Waals surface area contributed by atoms with Crippen LogP contribution in [-0.4, -0.2) is 25.5 Å². The Bertz CT molecular complexity index is 1060. The van der Waals surface area contributed by atoms with Crippen LogP contribution in [0.25, 0.3) is 0 Å². The number of rotatable bonds is 4. The van der Waals surface area contributed by atoms with Gasteiger partial charge in [0.15, 0.2) is 5.78 Å². The van der Waals surface area contributed by atoms with E-state index in [4.69, 9.17) is 0 Å². The molecule has 6 nitrogen and oxygen atoms in total. The predicted molar refractivity (Wildman–Crippen MR) is 102 cm³/mol. The van der Waals surface area contributed by atoms with Crippen molar-refractivity contribution in [3.8, 4) is 0 Å². The number of ketones is 1. The fourth-order valence-corrected chi connectivity index (χ4v) is 4.46. The number of benzene rings is 2. The van der Waals surface area contributed by atoms with Crippen LogP contribution < -0.4 is 4.90 Å². The van der Waals surface area contributed by atoms with E-state index in [0.29, 0.717) is 33.3 Å². The highest BCUT2D eigenvalue weighted by molar-refractivity contribution is 7.85. The number of nitrogens with zero attached hydrogens (tertiary/aromatic N) is 3. The summed E-state index contributed by atoms with van der Waals surface area (Å²) in [4.78, 5) is 31.6. The summed E-state index contributed by atoms with van der Waals surface area (Å²) in [6, 6.07) is 12.1. The molecule has 27 heavy (non-hydrogen) atoms. The van der Waals surface area contributed by atoms with E-state index in [2.05, 4.69) is 4.98 Å². The Hall–Kier alpha value is -3.06. The van der Waals surface area contributed by atoms with Crippen LogP contribution in [0.4, 0.5) is 11.4 Å². The summed E-state index contributed by atoms with van der Waals surface area (Å²) < 4.78 is 14.8. The number of aryl methyl sites for hydroxylation is 1. The van der Waals surface area contributed by atoms with Crippen LogP contribution in [0.2, 0.25) is 0 Å². The second-order valence-corrected chi connectivity index (χ2v) is 7.67. The molecule has 136 valence electrons. The summed E-state index contributed by atoms with van der Waals surface area (Å²) in [7, 11) is -1.40. The maximum absolute atomic E-state index is 13.1. The smallest absolute Gasteiger partial charge is 0.233 e. The molecule has 1 aromatic heterocycles. The summed E-state index contributed by atoms with van der Waals surface area (Å²) in [5.41, 5.74) is 1.59. The molecule has 1 unspecified atom stereocenters. The SMILES string of the molecule is CC(=O)c1ccc2c(c1)N(C(=O)CCn1ccnc1)c1ccccc1S2=O. The van der Waals surface area contributed by atoms with Gasteiger partial charge in [-0.15, -0.1) is 0 Å². The van der Waals surface area contributed by atoms with Gasteiger partial charge in [0.25, 0.3) is 0 Å². The number of aromatic nitrogens is 2. The van der Waals surface area contributed by atoms with E-state index in [-0.39, 0.29) is 18.1 Å². The maximum Gasteiger partial charge on any atom is 0.233 e. The largest absolute Gasteiger partial charge is 0.337 e. The molecule has 0 saturated heterocycles. The molecule has 4 rings (SSSR count). The average Bonchev–Trinajstić information content (AvgIpc) is 3.20. The lowest BCUT2D eigenvalue weighted by Crippen LogP contribution is -2.31. The number of imidazole rings is 1. The third-order valence-electron chi connectivity index (χ3n) is 4.50. The highest BCUT2D eigenvalue weighted by atomic mass is 32.2. The van der Waals surface area contributed by atoms with Crippen molar-refractivity contribution in [2.75, 3.05) is 4.90 Å². The van der Waals surface area contributed by atoms with Crippen LogP contribution in [0.3, 0.4) is 0 Å². The fourth-order valence-electron chi connectivity index (χ4n) is 3.14. The Morgan fingerprint density at radius 3 is 2.59 bits per heavy atom. The van der Waals surface area contributed by atoms with E-state index in [1.165, 1.54) is 6.92 Å². The van der Waals surface area contributed by atoms with Gasteiger partial charge in [0, 0.05) is 30.9 Å². The van der Waals surface area contributed by atoms with Crippen molar-refractivity contribution in [1.29, 1.82) is 0 Å². The lowest BCUT2D eigenvalue weighted by molar-refractivity contribution is -0.118. The molecule has 0 aliphatic carbocycles. The monoisotopic (exact) mass is 379 g/mol. The minimum absolute atomic E-state index is 0.103. The van der Waals surface area contributed by atoms with Crippen molar-refractivity contribution in [3.05, 3.63) is 66.7 Å². The molecule has 2 heterocycles. The molecule has 0 bridgehead atoms. The van der Waals surface area contributed by atoms with Gasteiger partial charge in [-0.3, -0.25) is 14.5 Å². The first kappa shape index (κ1) is 17.4. The lowest BCUT2D eigenvalue weighted by atomic mass is 10.1. The topological polar surface area (TPSA) is 72.3 Å². The van der Waals surface area contributed by atoms with Gasteiger partial charge in [0.2, 0.25) is 5.91 Å². The minimum atomic E-state index is -1.40. The van der Waals surface area contributed by atoms with Gasteiger partial charge in [-0.1, -0.05) is 18.2 Å². The quantitative estimate of drug-likeness (QED) is 0.652. The van der Waals surface area contributed by atoms with Crippen molar-refractivity contribution < 1.29 is 13.8 Å². The molecule has 0 fully saturated rings.